The van der Waals surface area contributed by atoms with Crippen LogP contribution in [0.5, 0.6) is 0 Å². The van der Waals surface area contributed by atoms with Gasteiger partial charge in [0.1, 0.15) is 12.1 Å². The maximum Gasteiger partial charge on any atom is 0.259 e. The summed E-state index contributed by atoms with van der Waals surface area (Å²) >= 11 is 1.41. The monoisotopic (exact) mass is 389 g/mol. The minimum Gasteiger partial charge on any atom is -0.298 e. The van der Waals surface area contributed by atoms with Gasteiger partial charge in [0.2, 0.25) is 0 Å². The molecule has 0 aliphatic rings. The molecule has 0 saturated carbocycles. The van der Waals surface area contributed by atoms with E-state index in [1.165, 1.54) is 28.0 Å². The summed E-state index contributed by atoms with van der Waals surface area (Å²) in [5, 5.41) is 5.40. The summed E-state index contributed by atoms with van der Waals surface area (Å²) in [6.07, 6.45) is 6.69. The average molecular weight is 389 g/mol. The molecular weight excluding hydrogens is 370 g/mol. The van der Waals surface area contributed by atoms with Crippen LogP contribution in [0.4, 0.5) is 5.13 Å². The topological polar surface area (TPSA) is 72.7 Å². The smallest absolute Gasteiger partial charge is 0.259 e. The van der Waals surface area contributed by atoms with Gasteiger partial charge in [-0.2, -0.15) is 0 Å². The van der Waals surface area contributed by atoms with E-state index in [-0.39, 0.29) is 5.91 Å². The normalized spacial score (nSPS) is 10.8. The van der Waals surface area contributed by atoms with Crippen LogP contribution in [0, 0.1) is 20.8 Å². The van der Waals surface area contributed by atoms with Gasteiger partial charge in [0.25, 0.3) is 5.91 Å². The van der Waals surface area contributed by atoms with E-state index in [0.717, 1.165) is 11.3 Å². The van der Waals surface area contributed by atoms with E-state index in [1.807, 2.05) is 5.38 Å². The van der Waals surface area contributed by atoms with Crippen molar-refractivity contribution in [3.8, 4) is 17.1 Å². The first kappa shape index (κ1) is 18.1. The molecule has 6 nitrogen and oxygen atoms in total. The highest BCUT2D eigenvalue weighted by molar-refractivity contribution is 7.14. The molecule has 3 heterocycles. The minimum atomic E-state index is -0.233. The van der Waals surface area contributed by atoms with Crippen LogP contribution < -0.4 is 5.32 Å². The fraction of sp³-hybridized carbons (Fsp3) is 0.143. The molecule has 0 aliphatic carbocycles. The average Bonchev–Trinajstić information content (AvgIpc) is 3.33. The lowest BCUT2D eigenvalue weighted by molar-refractivity contribution is 0.102. The molecule has 1 aromatic carbocycles. The van der Waals surface area contributed by atoms with Crippen LogP contribution in [0.15, 0.2) is 54.6 Å². The molecular formula is C21H19N5OS. The maximum atomic E-state index is 12.5. The van der Waals surface area contributed by atoms with Crippen LogP contribution in [0.3, 0.4) is 0 Å². The third kappa shape index (κ3) is 3.57. The first-order chi connectivity index (χ1) is 13.5. The third-order valence-electron chi connectivity index (χ3n) is 4.44. The van der Waals surface area contributed by atoms with Gasteiger partial charge in [-0.25, -0.2) is 15.0 Å². The van der Waals surface area contributed by atoms with Crippen molar-refractivity contribution in [2.75, 3.05) is 5.32 Å². The van der Waals surface area contributed by atoms with Crippen LogP contribution in [-0.4, -0.2) is 25.4 Å². The molecule has 0 spiro atoms. The lowest BCUT2D eigenvalue weighted by Gasteiger charge is -2.08. The molecule has 1 N–H and O–H groups in total. The number of benzene rings is 1. The molecule has 7 heteroatoms. The highest BCUT2D eigenvalue weighted by Gasteiger charge is 2.13. The zero-order valence-electron chi connectivity index (χ0n) is 15.8. The van der Waals surface area contributed by atoms with Gasteiger partial charge in [-0.05, 0) is 44.0 Å². The Morgan fingerprint density at radius 1 is 1.14 bits per heavy atom. The summed E-state index contributed by atoms with van der Waals surface area (Å²) in [5.41, 5.74) is 6.06. The number of aryl methyl sites for hydroxylation is 3. The predicted octanol–water partition coefficient (Wildman–Crippen LogP) is 4.57. The highest BCUT2D eigenvalue weighted by atomic mass is 32.1. The van der Waals surface area contributed by atoms with E-state index in [9.17, 15) is 4.79 Å². The van der Waals surface area contributed by atoms with Crippen LogP contribution in [0.2, 0.25) is 0 Å². The van der Waals surface area contributed by atoms with Crippen molar-refractivity contribution in [2.24, 2.45) is 0 Å². The second kappa shape index (κ2) is 7.36. The van der Waals surface area contributed by atoms with Crippen LogP contribution in [0.1, 0.15) is 27.0 Å². The van der Waals surface area contributed by atoms with Gasteiger partial charge in [-0.3, -0.25) is 14.7 Å². The number of carbonyl (C=O) groups is 1. The Labute approximate surface area is 166 Å². The number of aromatic nitrogens is 4. The first-order valence-electron chi connectivity index (χ1n) is 8.81. The number of rotatable bonds is 4. The molecule has 0 saturated heterocycles. The van der Waals surface area contributed by atoms with Crippen molar-refractivity contribution in [1.29, 1.82) is 0 Å². The molecule has 1 amide bonds. The molecule has 0 aliphatic heterocycles. The Morgan fingerprint density at radius 3 is 2.57 bits per heavy atom. The van der Waals surface area contributed by atoms with Crippen molar-refractivity contribution in [1.82, 2.24) is 19.5 Å². The zero-order chi connectivity index (χ0) is 19.7. The number of anilines is 1. The number of hydrogen-bond acceptors (Lipinski definition) is 5. The second-order valence-electron chi connectivity index (χ2n) is 6.64. The Kier molecular flexibility index (Phi) is 4.75. The number of thiazole rings is 1. The Balaban J connectivity index is 1.52. The Hall–Kier alpha value is -3.32. The summed E-state index contributed by atoms with van der Waals surface area (Å²) in [6, 6.07) is 7.81. The van der Waals surface area contributed by atoms with Gasteiger partial charge in [0, 0.05) is 29.5 Å². The molecule has 4 rings (SSSR count). The molecule has 0 radical (unpaired) electrons. The molecule has 0 unspecified atom stereocenters. The van der Waals surface area contributed by atoms with Crippen molar-refractivity contribution >= 4 is 22.4 Å². The molecule has 0 bridgehead atoms. The van der Waals surface area contributed by atoms with Crippen molar-refractivity contribution in [3.05, 3.63) is 76.8 Å². The van der Waals surface area contributed by atoms with E-state index >= 15 is 0 Å². The molecule has 28 heavy (non-hydrogen) atoms. The van der Waals surface area contributed by atoms with Crippen molar-refractivity contribution < 1.29 is 4.79 Å². The largest absolute Gasteiger partial charge is 0.298 e. The lowest BCUT2D eigenvalue weighted by Crippen LogP contribution is -2.12. The van der Waals surface area contributed by atoms with Crippen LogP contribution in [-0.2, 0) is 0 Å². The molecule has 140 valence electrons. The third-order valence-corrected chi connectivity index (χ3v) is 5.19. The van der Waals surface area contributed by atoms with E-state index in [1.54, 1.807) is 41.6 Å². The Morgan fingerprint density at radius 2 is 1.93 bits per heavy atom. The fourth-order valence-electron chi connectivity index (χ4n) is 3.27. The maximum absolute atomic E-state index is 12.5. The van der Waals surface area contributed by atoms with E-state index < -0.39 is 0 Å². The van der Waals surface area contributed by atoms with Gasteiger partial charge < -0.3 is 0 Å². The first-order valence-corrected chi connectivity index (χ1v) is 9.69. The lowest BCUT2D eigenvalue weighted by atomic mass is 9.98. The number of hydrogen-bond donors (Lipinski definition) is 1. The molecule has 4 aromatic rings. The molecule has 0 atom stereocenters. The number of amides is 1. The van der Waals surface area contributed by atoms with E-state index in [0.29, 0.717) is 16.5 Å². The Bertz CT molecular complexity index is 1110. The number of imidazole rings is 1. The fourth-order valence-corrected chi connectivity index (χ4v) is 3.96. The number of nitrogens with zero attached hydrogens (tertiary/aromatic N) is 4. The summed E-state index contributed by atoms with van der Waals surface area (Å²) in [5.74, 6) is 0.471. The summed E-state index contributed by atoms with van der Waals surface area (Å²) < 4.78 is 1.78. The van der Waals surface area contributed by atoms with Gasteiger partial charge in [0.15, 0.2) is 5.13 Å². The standard InChI is InChI=1S/C21H19N5OS/c1-13-8-14(2)19(15(3)9-13)17-11-28-21(24-17)25-20(27)16-4-5-18(23-10-16)26-7-6-22-12-26/h4-12H,1-3H3,(H,24,25,27). The minimum absolute atomic E-state index is 0.233. The quantitative estimate of drug-likeness (QED) is 0.555. The highest BCUT2D eigenvalue weighted by Crippen LogP contribution is 2.31. The summed E-state index contributed by atoms with van der Waals surface area (Å²) in [6.45, 7) is 6.25. The molecule has 3 aromatic heterocycles. The molecule has 0 fully saturated rings. The van der Waals surface area contributed by atoms with E-state index in [2.05, 4.69) is 53.2 Å². The van der Waals surface area contributed by atoms with Crippen LogP contribution in [0.25, 0.3) is 17.1 Å². The van der Waals surface area contributed by atoms with Gasteiger partial charge in [-0.1, -0.05) is 17.7 Å². The van der Waals surface area contributed by atoms with Crippen molar-refractivity contribution in [2.45, 2.75) is 20.8 Å². The predicted molar refractivity (Wildman–Crippen MR) is 111 cm³/mol. The summed E-state index contributed by atoms with van der Waals surface area (Å²) in [7, 11) is 0. The van der Waals surface area contributed by atoms with E-state index in [4.69, 9.17) is 0 Å². The van der Waals surface area contributed by atoms with Gasteiger partial charge in [0.05, 0.1) is 11.3 Å². The SMILES string of the molecule is Cc1cc(C)c(-c2csc(NC(=O)c3ccc(-n4ccnc4)nc3)n2)c(C)c1. The van der Waals surface area contributed by atoms with Crippen LogP contribution >= 0.6 is 11.3 Å². The number of nitrogens with one attached hydrogen (secondary N) is 1. The number of pyridine rings is 1. The van der Waals surface area contributed by atoms with Gasteiger partial charge >= 0.3 is 0 Å². The van der Waals surface area contributed by atoms with Gasteiger partial charge in [-0.15, -0.1) is 11.3 Å². The van der Waals surface area contributed by atoms with Crippen molar-refractivity contribution in [3.63, 3.8) is 0 Å². The second-order valence-corrected chi connectivity index (χ2v) is 7.50. The zero-order valence-corrected chi connectivity index (χ0v) is 16.6. The summed E-state index contributed by atoms with van der Waals surface area (Å²) in [4.78, 5) is 25.4. The number of carbonyl (C=O) groups excluding carboxylic acids is 1.